The maximum absolute atomic E-state index is 13.0. The van der Waals surface area contributed by atoms with Gasteiger partial charge in [-0.15, -0.1) is 10.2 Å². The highest BCUT2D eigenvalue weighted by atomic mass is 16.5. The number of anilines is 2. The van der Waals surface area contributed by atoms with Crippen molar-refractivity contribution < 1.29 is 14.3 Å². The standard InChI is InChI=1S/C25H28N4O3/c1-17-12-14-29(15-13-17)23-11-10-20(27-28-23)18-6-4-7-19(16-18)26-25(30)24-21(31-2)8-5-9-22(24)32-3/h4-11,16-17H,12-15H2,1-3H3,(H,26,30). The summed E-state index contributed by atoms with van der Waals surface area (Å²) in [5.74, 6) is 2.27. The van der Waals surface area contributed by atoms with Gasteiger partial charge < -0.3 is 19.7 Å². The fourth-order valence-corrected chi connectivity index (χ4v) is 3.91. The molecule has 1 N–H and O–H groups in total. The lowest BCUT2D eigenvalue weighted by molar-refractivity contribution is 0.102. The van der Waals surface area contributed by atoms with Gasteiger partial charge in [-0.1, -0.05) is 25.1 Å². The minimum absolute atomic E-state index is 0.308. The molecule has 1 aliphatic rings. The first kappa shape index (κ1) is 21.6. The van der Waals surface area contributed by atoms with Crippen LogP contribution >= 0.6 is 0 Å². The molecule has 32 heavy (non-hydrogen) atoms. The van der Waals surface area contributed by atoms with Crippen molar-refractivity contribution in [2.24, 2.45) is 5.92 Å². The van der Waals surface area contributed by atoms with Crippen LogP contribution in [0.2, 0.25) is 0 Å². The zero-order valence-electron chi connectivity index (χ0n) is 18.7. The average molecular weight is 433 g/mol. The molecule has 1 fully saturated rings. The van der Waals surface area contributed by atoms with Crippen LogP contribution in [-0.4, -0.2) is 43.4 Å². The highest BCUT2D eigenvalue weighted by molar-refractivity contribution is 6.08. The van der Waals surface area contributed by atoms with Gasteiger partial charge in [-0.3, -0.25) is 4.79 Å². The van der Waals surface area contributed by atoms with Crippen molar-refractivity contribution in [1.82, 2.24) is 10.2 Å². The molecule has 2 aromatic carbocycles. The summed E-state index contributed by atoms with van der Waals surface area (Å²) in [6, 6.07) is 16.8. The number of rotatable bonds is 6. The van der Waals surface area contributed by atoms with Crippen molar-refractivity contribution in [3.63, 3.8) is 0 Å². The molecule has 0 atom stereocenters. The van der Waals surface area contributed by atoms with Crippen LogP contribution in [0.1, 0.15) is 30.1 Å². The number of carbonyl (C=O) groups is 1. The third-order valence-corrected chi connectivity index (χ3v) is 5.83. The first-order chi connectivity index (χ1) is 15.6. The van der Waals surface area contributed by atoms with E-state index in [9.17, 15) is 4.79 Å². The number of piperidine rings is 1. The summed E-state index contributed by atoms with van der Waals surface area (Å²) in [4.78, 5) is 15.2. The topological polar surface area (TPSA) is 76.6 Å². The Bertz CT molecular complexity index is 1050. The molecule has 0 unspecified atom stereocenters. The van der Waals surface area contributed by atoms with E-state index in [1.54, 1.807) is 18.2 Å². The van der Waals surface area contributed by atoms with Crippen LogP contribution in [-0.2, 0) is 0 Å². The maximum Gasteiger partial charge on any atom is 0.263 e. The summed E-state index contributed by atoms with van der Waals surface area (Å²) in [5.41, 5.74) is 2.63. The monoisotopic (exact) mass is 432 g/mol. The molecule has 1 aliphatic heterocycles. The quantitative estimate of drug-likeness (QED) is 0.611. The predicted octanol–water partition coefficient (Wildman–Crippen LogP) is 4.65. The van der Waals surface area contributed by atoms with E-state index in [2.05, 4.69) is 27.3 Å². The summed E-state index contributed by atoms with van der Waals surface area (Å²) < 4.78 is 10.7. The molecule has 0 radical (unpaired) electrons. The third kappa shape index (κ3) is 4.66. The summed E-state index contributed by atoms with van der Waals surface area (Å²) in [6.07, 6.45) is 2.37. The Morgan fingerprint density at radius 3 is 2.28 bits per heavy atom. The van der Waals surface area contributed by atoms with Crippen LogP contribution in [0.4, 0.5) is 11.5 Å². The number of hydrogen-bond donors (Lipinski definition) is 1. The second kappa shape index (κ2) is 9.68. The van der Waals surface area contributed by atoms with E-state index in [1.165, 1.54) is 27.1 Å². The number of amides is 1. The number of nitrogens with one attached hydrogen (secondary N) is 1. The highest BCUT2D eigenvalue weighted by Crippen LogP contribution is 2.30. The van der Waals surface area contributed by atoms with Gasteiger partial charge in [0.05, 0.1) is 19.9 Å². The summed E-state index contributed by atoms with van der Waals surface area (Å²) in [6.45, 7) is 4.33. The largest absolute Gasteiger partial charge is 0.496 e. The molecular formula is C25H28N4O3. The van der Waals surface area contributed by atoms with Crippen molar-refractivity contribution in [2.45, 2.75) is 19.8 Å². The first-order valence-electron chi connectivity index (χ1n) is 10.8. The molecule has 7 nitrogen and oxygen atoms in total. The van der Waals surface area contributed by atoms with Gasteiger partial charge >= 0.3 is 0 Å². The Balaban J connectivity index is 1.51. The number of carbonyl (C=O) groups excluding carboxylic acids is 1. The summed E-state index contributed by atoms with van der Waals surface area (Å²) in [7, 11) is 3.05. The van der Waals surface area contributed by atoms with Gasteiger partial charge in [0.25, 0.3) is 5.91 Å². The van der Waals surface area contributed by atoms with Gasteiger partial charge in [-0.2, -0.15) is 0 Å². The van der Waals surface area contributed by atoms with E-state index >= 15 is 0 Å². The lowest BCUT2D eigenvalue weighted by Crippen LogP contribution is -2.33. The Labute approximate surface area is 188 Å². The van der Waals surface area contributed by atoms with Gasteiger partial charge in [-0.05, 0) is 55.2 Å². The number of benzene rings is 2. The van der Waals surface area contributed by atoms with Crippen molar-refractivity contribution in [3.05, 3.63) is 60.2 Å². The van der Waals surface area contributed by atoms with Gasteiger partial charge in [0.15, 0.2) is 5.82 Å². The summed E-state index contributed by atoms with van der Waals surface area (Å²) >= 11 is 0. The van der Waals surface area contributed by atoms with E-state index in [4.69, 9.17) is 9.47 Å². The molecule has 7 heteroatoms. The van der Waals surface area contributed by atoms with Crippen molar-refractivity contribution >= 4 is 17.4 Å². The van der Waals surface area contributed by atoms with Gasteiger partial charge in [0, 0.05) is 24.3 Å². The van der Waals surface area contributed by atoms with Gasteiger partial charge in [0.2, 0.25) is 0 Å². The Hall–Kier alpha value is -3.61. The zero-order chi connectivity index (χ0) is 22.5. The minimum Gasteiger partial charge on any atom is -0.496 e. The number of aromatic nitrogens is 2. The first-order valence-corrected chi connectivity index (χ1v) is 10.8. The Kier molecular flexibility index (Phi) is 6.54. The molecule has 1 amide bonds. The van der Waals surface area contributed by atoms with Crippen LogP contribution in [0.15, 0.2) is 54.6 Å². The third-order valence-electron chi connectivity index (χ3n) is 5.83. The summed E-state index contributed by atoms with van der Waals surface area (Å²) in [5, 5.41) is 11.8. The molecule has 0 bridgehead atoms. The fraction of sp³-hybridized carbons (Fsp3) is 0.320. The number of hydrogen-bond acceptors (Lipinski definition) is 6. The van der Waals surface area contributed by atoms with E-state index in [1.807, 2.05) is 36.4 Å². The van der Waals surface area contributed by atoms with E-state index in [0.717, 1.165) is 36.1 Å². The van der Waals surface area contributed by atoms with Gasteiger partial charge in [-0.25, -0.2) is 0 Å². The van der Waals surface area contributed by atoms with Crippen molar-refractivity contribution in [1.29, 1.82) is 0 Å². The normalized spacial score (nSPS) is 14.2. The molecule has 0 spiro atoms. The second-order valence-corrected chi connectivity index (χ2v) is 8.02. The number of nitrogens with zero attached hydrogens (tertiary/aromatic N) is 3. The molecule has 2 heterocycles. The second-order valence-electron chi connectivity index (χ2n) is 8.02. The van der Waals surface area contributed by atoms with E-state index in [-0.39, 0.29) is 5.91 Å². The van der Waals surface area contributed by atoms with E-state index in [0.29, 0.717) is 22.7 Å². The van der Waals surface area contributed by atoms with E-state index < -0.39 is 0 Å². The lowest BCUT2D eigenvalue weighted by atomic mass is 9.99. The van der Waals surface area contributed by atoms with Crippen LogP contribution < -0.4 is 19.7 Å². The highest BCUT2D eigenvalue weighted by Gasteiger charge is 2.19. The van der Waals surface area contributed by atoms with Crippen LogP contribution in [0.5, 0.6) is 11.5 Å². The Morgan fingerprint density at radius 1 is 0.969 bits per heavy atom. The zero-order valence-corrected chi connectivity index (χ0v) is 18.7. The fourth-order valence-electron chi connectivity index (χ4n) is 3.91. The molecule has 3 aromatic rings. The van der Waals surface area contributed by atoms with Crippen LogP contribution in [0.3, 0.4) is 0 Å². The molecule has 166 valence electrons. The maximum atomic E-state index is 13.0. The van der Waals surface area contributed by atoms with Crippen molar-refractivity contribution in [2.75, 3.05) is 37.5 Å². The number of ether oxygens (including phenoxy) is 2. The van der Waals surface area contributed by atoms with Crippen molar-refractivity contribution in [3.8, 4) is 22.8 Å². The molecule has 4 rings (SSSR count). The van der Waals surface area contributed by atoms with Crippen LogP contribution in [0, 0.1) is 5.92 Å². The Morgan fingerprint density at radius 2 is 1.66 bits per heavy atom. The SMILES string of the molecule is COc1cccc(OC)c1C(=O)Nc1cccc(-c2ccc(N3CCC(C)CC3)nn2)c1. The molecule has 1 aromatic heterocycles. The average Bonchev–Trinajstić information content (AvgIpc) is 2.84. The predicted molar refractivity (Wildman–Crippen MR) is 126 cm³/mol. The molecule has 1 saturated heterocycles. The lowest BCUT2D eigenvalue weighted by Gasteiger charge is -2.30. The van der Waals surface area contributed by atoms with Crippen LogP contribution in [0.25, 0.3) is 11.3 Å². The van der Waals surface area contributed by atoms with Gasteiger partial charge in [0.1, 0.15) is 17.1 Å². The minimum atomic E-state index is -0.308. The molecule has 0 saturated carbocycles. The number of methoxy groups -OCH3 is 2. The molecule has 0 aliphatic carbocycles. The molecular weight excluding hydrogens is 404 g/mol. The smallest absolute Gasteiger partial charge is 0.263 e.